The standard InChI is InChI=1S/C17H24N2O2/c1-13(15-4-2-3-5-15)19-11-16(20)12-21-17-8-6-14(10-18)7-9-17/h6-9,13,15-16,19-20H,2-5,11-12H2,1H3/t13-,16?/m0/s1. The Hall–Kier alpha value is -1.57. The van der Waals surface area contributed by atoms with Crippen LogP contribution in [0.4, 0.5) is 0 Å². The molecular weight excluding hydrogens is 264 g/mol. The summed E-state index contributed by atoms with van der Waals surface area (Å²) < 4.78 is 5.53. The van der Waals surface area contributed by atoms with E-state index < -0.39 is 6.10 Å². The summed E-state index contributed by atoms with van der Waals surface area (Å²) >= 11 is 0. The maximum absolute atomic E-state index is 9.96. The molecule has 0 bridgehead atoms. The van der Waals surface area contributed by atoms with Gasteiger partial charge in [-0.05, 0) is 49.9 Å². The number of rotatable bonds is 7. The van der Waals surface area contributed by atoms with E-state index in [1.54, 1.807) is 24.3 Å². The van der Waals surface area contributed by atoms with Crippen LogP contribution in [0.1, 0.15) is 38.2 Å². The lowest BCUT2D eigenvalue weighted by Gasteiger charge is -2.22. The first kappa shape index (κ1) is 15.8. The van der Waals surface area contributed by atoms with Gasteiger partial charge < -0.3 is 15.2 Å². The largest absolute Gasteiger partial charge is 0.491 e. The van der Waals surface area contributed by atoms with Crippen molar-refractivity contribution in [3.63, 3.8) is 0 Å². The number of nitrogens with one attached hydrogen (secondary N) is 1. The SMILES string of the molecule is C[C@H](NCC(O)COc1ccc(C#N)cc1)C1CCCC1. The van der Waals surface area contributed by atoms with Crippen molar-refractivity contribution in [2.24, 2.45) is 5.92 Å². The van der Waals surface area contributed by atoms with Gasteiger partial charge in [0.1, 0.15) is 18.5 Å². The van der Waals surface area contributed by atoms with Gasteiger partial charge >= 0.3 is 0 Å². The fourth-order valence-corrected chi connectivity index (χ4v) is 2.82. The van der Waals surface area contributed by atoms with Gasteiger partial charge in [-0.3, -0.25) is 0 Å². The number of benzene rings is 1. The number of ether oxygens (including phenoxy) is 1. The highest BCUT2D eigenvalue weighted by Crippen LogP contribution is 2.27. The third-order valence-electron chi connectivity index (χ3n) is 4.21. The molecule has 1 aromatic carbocycles. The number of hydrogen-bond donors (Lipinski definition) is 2. The molecule has 0 aliphatic heterocycles. The van der Waals surface area contributed by atoms with Gasteiger partial charge in [0.05, 0.1) is 11.6 Å². The van der Waals surface area contributed by atoms with E-state index in [1.165, 1.54) is 25.7 Å². The molecule has 1 saturated carbocycles. The average molecular weight is 288 g/mol. The molecule has 21 heavy (non-hydrogen) atoms. The van der Waals surface area contributed by atoms with Crippen molar-refractivity contribution < 1.29 is 9.84 Å². The molecule has 4 heteroatoms. The summed E-state index contributed by atoms with van der Waals surface area (Å²) in [7, 11) is 0. The second kappa shape index (κ2) is 8.02. The molecule has 1 aliphatic rings. The minimum absolute atomic E-state index is 0.260. The highest BCUT2D eigenvalue weighted by atomic mass is 16.5. The molecule has 2 rings (SSSR count). The predicted octanol–water partition coefficient (Wildman–Crippen LogP) is 2.47. The maximum atomic E-state index is 9.96. The second-order valence-electron chi connectivity index (χ2n) is 5.84. The summed E-state index contributed by atoms with van der Waals surface area (Å²) in [6, 6.07) is 9.44. The summed E-state index contributed by atoms with van der Waals surface area (Å²) in [6.07, 6.45) is 4.74. The van der Waals surface area contributed by atoms with Crippen LogP contribution in [-0.2, 0) is 0 Å². The summed E-state index contributed by atoms with van der Waals surface area (Å²) in [4.78, 5) is 0. The van der Waals surface area contributed by atoms with Crippen LogP contribution in [0, 0.1) is 17.2 Å². The molecule has 0 radical (unpaired) electrons. The van der Waals surface area contributed by atoms with Crippen LogP contribution in [-0.4, -0.2) is 30.4 Å². The Kier molecular flexibility index (Phi) is 6.04. The lowest BCUT2D eigenvalue weighted by Crippen LogP contribution is -2.39. The van der Waals surface area contributed by atoms with Crippen LogP contribution in [0.25, 0.3) is 0 Å². The number of nitriles is 1. The van der Waals surface area contributed by atoms with Crippen LogP contribution in [0.15, 0.2) is 24.3 Å². The van der Waals surface area contributed by atoms with Crippen LogP contribution in [0.2, 0.25) is 0 Å². The van der Waals surface area contributed by atoms with Crippen molar-refractivity contribution in [2.75, 3.05) is 13.2 Å². The molecule has 2 atom stereocenters. The van der Waals surface area contributed by atoms with Crippen molar-refractivity contribution in [3.05, 3.63) is 29.8 Å². The molecule has 1 unspecified atom stereocenters. The summed E-state index contributed by atoms with van der Waals surface area (Å²) in [5.74, 6) is 1.42. The van der Waals surface area contributed by atoms with Gasteiger partial charge in [-0.15, -0.1) is 0 Å². The van der Waals surface area contributed by atoms with Crippen LogP contribution in [0.5, 0.6) is 5.75 Å². The van der Waals surface area contributed by atoms with E-state index in [4.69, 9.17) is 10.00 Å². The van der Waals surface area contributed by atoms with Gasteiger partial charge in [0.15, 0.2) is 0 Å². The third kappa shape index (κ3) is 5.04. The van der Waals surface area contributed by atoms with E-state index in [2.05, 4.69) is 18.3 Å². The van der Waals surface area contributed by atoms with E-state index in [0.717, 1.165) is 5.92 Å². The Balaban J connectivity index is 1.66. The molecule has 0 amide bonds. The third-order valence-corrected chi connectivity index (χ3v) is 4.21. The Morgan fingerprint density at radius 2 is 2.00 bits per heavy atom. The zero-order valence-electron chi connectivity index (χ0n) is 12.6. The highest BCUT2D eigenvalue weighted by Gasteiger charge is 2.21. The molecule has 0 saturated heterocycles. The van der Waals surface area contributed by atoms with E-state index in [9.17, 15) is 5.11 Å². The summed E-state index contributed by atoms with van der Waals surface area (Å²) in [5, 5.41) is 22.1. The van der Waals surface area contributed by atoms with Crippen LogP contribution in [0.3, 0.4) is 0 Å². The Bertz CT molecular complexity index is 461. The number of aliphatic hydroxyl groups excluding tert-OH is 1. The van der Waals surface area contributed by atoms with Crippen molar-refractivity contribution in [1.82, 2.24) is 5.32 Å². The summed E-state index contributed by atoms with van der Waals surface area (Å²) in [5.41, 5.74) is 0.606. The predicted molar refractivity (Wildman–Crippen MR) is 82.1 cm³/mol. The fraction of sp³-hybridized carbons (Fsp3) is 0.588. The molecule has 1 aromatic rings. The first-order valence-corrected chi connectivity index (χ1v) is 7.73. The van der Waals surface area contributed by atoms with Gasteiger partial charge in [0.2, 0.25) is 0 Å². The molecule has 1 aliphatic carbocycles. The molecule has 0 spiro atoms. The molecule has 0 heterocycles. The van der Waals surface area contributed by atoms with Crippen molar-refractivity contribution in [3.8, 4) is 11.8 Å². The first-order valence-electron chi connectivity index (χ1n) is 7.73. The van der Waals surface area contributed by atoms with E-state index in [-0.39, 0.29) is 6.61 Å². The summed E-state index contributed by atoms with van der Waals surface area (Å²) in [6.45, 7) is 3.01. The fourth-order valence-electron chi connectivity index (χ4n) is 2.82. The number of hydrogen-bond acceptors (Lipinski definition) is 4. The van der Waals surface area contributed by atoms with Gasteiger partial charge in [-0.25, -0.2) is 0 Å². The van der Waals surface area contributed by atoms with Gasteiger partial charge in [-0.2, -0.15) is 5.26 Å². The monoisotopic (exact) mass is 288 g/mol. The van der Waals surface area contributed by atoms with Crippen LogP contribution >= 0.6 is 0 Å². The smallest absolute Gasteiger partial charge is 0.119 e. The van der Waals surface area contributed by atoms with Crippen molar-refractivity contribution in [1.29, 1.82) is 5.26 Å². The molecule has 114 valence electrons. The maximum Gasteiger partial charge on any atom is 0.119 e. The van der Waals surface area contributed by atoms with Crippen LogP contribution < -0.4 is 10.1 Å². The van der Waals surface area contributed by atoms with E-state index >= 15 is 0 Å². The average Bonchev–Trinajstić information content (AvgIpc) is 3.05. The minimum atomic E-state index is -0.524. The van der Waals surface area contributed by atoms with E-state index in [0.29, 0.717) is 23.9 Å². The zero-order valence-corrected chi connectivity index (χ0v) is 12.6. The van der Waals surface area contributed by atoms with Gasteiger partial charge in [-0.1, -0.05) is 12.8 Å². The normalized spacial score (nSPS) is 18.1. The molecule has 0 aromatic heterocycles. The Labute approximate surface area is 126 Å². The van der Waals surface area contributed by atoms with Crippen molar-refractivity contribution >= 4 is 0 Å². The molecule has 2 N–H and O–H groups in total. The minimum Gasteiger partial charge on any atom is -0.491 e. The molecular formula is C17H24N2O2. The highest BCUT2D eigenvalue weighted by molar-refractivity contribution is 5.34. The molecule has 4 nitrogen and oxygen atoms in total. The Morgan fingerprint density at radius 1 is 1.33 bits per heavy atom. The number of nitrogens with zero attached hydrogens (tertiary/aromatic N) is 1. The first-order chi connectivity index (χ1) is 10.2. The molecule has 1 fully saturated rings. The zero-order chi connectivity index (χ0) is 15.1. The Morgan fingerprint density at radius 3 is 2.62 bits per heavy atom. The lowest BCUT2D eigenvalue weighted by molar-refractivity contribution is 0.102. The number of aliphatic hydroxyl groups is 1. The second-order valence-corrected chi connectivity index (χ2v) is 5.84. The van der Waals surface area contributed by atoms with E-state index in [1.807, 2.05) is 0 Å². The van der Waals surface area contributed by atoms with Gasteiger partial charge in [0.25, 0.3) is 0 Å². The van der Waals surface area contributed by atoms with Crippen molar-refractivity contribution in [2.45, 2.75) is 44.8 Å². The topological polar surface area (TPSA) is 65.3 Å². The van der Waals surface area contributed by atoms with Gasteiger partial charge in [0, 0.05) is 12.6 Å². The quantitative estimate of drug-likeness (QED) is 0.809. The lowest BCUT2D eigenvalue weighted by atomic mass is 10.00.